The molecule has 0 aliphatic carbocycles. The third-order valence-corrected chi connectivity index (χ3v) is 4.08. The molecule has 0 aliphatic rings. The molecule has 0 saturated carbocycles. The van der Waals surface area contributed by atoms with Gasteiger partial charge in [-0.1, -0.05) is 28.1 Å². The molecule has 0 saturated heterocycles. The van der Waals surface area contributed by atoms with Crippen LogP contribution in [0.1, 0.15) is 12.1 Å². The van der Waals surface area contributed by atoms with E-state index in [0.29, 0.717) is 23.8 Å². The number of rotatable bonds is 6. The summed E-state index contributed by atoms with van der Waals surface area (Å²) in [5, 5.41) is 21.5. The summed E-state index contributed by atoms with van der Waals surface area (Å²) in [5.41, 5.74) is 2.43. The van der Waals surface area contributed by atoms with E-state index >= 15 is 0 Å². The second kappa shape index (κ2) is 7.43. The van der Waals surface area contributed by atoms with E-state index in [0.717, 1.165) is 15.7 Å². The Hall–Kier alpha value is -2.74. The number of hydrogen-bond donors (Lipinski definition) is 1. The van der Waals surface area contributed by atoms with E-state index in [-0.39, 0.29) is 6.42 Å². The summed E-state index contributed by atoms with van der Waals surface area (Å²) in [6.45, 7) is 0. The Morgan fingerprint density at radius 3 is 2.56 bits per heavy atom. The lowest BCUT2D eigenvalue weighted by Crippen LogP contribution is -2.04. The Morgan fingerprint density at radius 1 is 1.20 bits per heavy atom. The van der Waals surface area contributed by atoms with Crippen LogP contribution in [0, 0.1) is 0 Å². The van der Waals surface area contributed by atoms with Crippen molar-refractivity contribution in [2.45, 2.75) is 12.8 Å². The first-order valence-corrected chi connectivity index (χ1v) is 8.31. The van der Waals surface area contributed by atoms with Gasteiger partial charge in [0.1, 0.15) is 0 Å². The Morgan fingerprint density at radius 2 is 1.96 bits per heavy atom. The summed E-state index contributed by atoms with van der Waals surface area (Å²) >= 11 is 3.42. The SMILES string of the molecule is COc1ccc(-n2nc(CCC(=O)O)cc2-c2ccc(Br)cc2)nn1. The highest BCUT2D eigenvalue weighted by Gasteiger charge is 2.14. The van der Waals surface area contributed by atoms with Gasteiger partial charge in [0.2, 0.25) is 5.88 Å². The van der Waals surface area contributed by atoms with Gasteiger partial charge in [-0.25, -0.2) is 4.68 Å². The summed E-state index contributed by atoms with van der Waals surface area (Å²) in [6.07, 6.45) is 0.362. The number of ether oxygens (including phenoxy) is 1. The van der Waals surface area contributed by atoms with Crippen molar-refractivity contribution in [3.8, 4) is 23.0 Å². The van der Waals surface area contributed by atoms with Gasteiger partial charge >= 0.3 is 5.97 Å². The quantitative estimate of drug-likeness (QED) is 0.680. The molecular weight excluding hydrogens is 388 g/mol. The van der Waals surface area contributed by atoms with Crippen molar-refractivity contribution >= 4 is 21.9 Å². The van der Waals surface area contributed by atoms with Crippen LogP contribution in [0.5, 0.6) is 5.88 Å². The molecule has 128 valence electrons. The molecule has 3 rings (SSSR count). The predicted octanol–water partition coefficient (Wildman–Crippen LogP) is 3.12. The van der Waals surface area contributed by atoms with Gasteiger partial charge in [-0.3, -0.25) is 4.79 Å². The van der Waals surface area contributed by atoms with Crippen molar-refractivity contribution in [1.29, 1.82) is 0 Å². The zero-order valence-corrected chi connectivity index (χ0v) is 15.0. The number of aliphatic carboxylic acids is 1. The number of nitrogens with zero attached hydrogens (tertiary/aromatic N) is 4. The molecule has 1 N–H and O–H groups in total. The number of carboxylic acids is 1. The van der Waals surface area contributed by atoms with E-state index in [4.69, 9.17) is 9.84 Å². The Kier molecular flexibility index (Phi) is 5.08. The zero-order valence-electron chi connectivity index (χ0n) is 13.4. The molecule has 2 aromatic heterocycles. The number of carboxylic acid groups (broad SMARTS) is 1. The summed E-state index contributed by atoms with van der Waals surface area (Å²) in [6, 6.07) is 13.1. The van der Waals surface area contributed by atoms with Crippen molar-refractivity contribution in [2.75, 3.05) is 7.11 Å². The van der Waals surface area contributed by atoms with Crippen molar-refractivity contribution < 1.29 is 14.6 Å². The van der Waals surface area contributed by atoms with Crippen LogP contribution in [-0.4, -0.2) is 38.2 Å². The van der Waals surface area contributed by atoms with Crippen LogP contribution >= 0.6 is 15.9 Å². The van der Waals surface area contributed by atoms with Crippen molar-refractivity contribution in [3.05, 3.63) is 52.6 Å². The third-order valence-electron chi connectivity index (χ3n) is 3.55. The second-order valence-corrected chi connectivity index (χ2v) is 6.18. The van der Waals surface area contributed by atoms with Gasteiger partial charge in [0.05, 0.1) is 24.9 Å². The van der Waals surface area contributed by atoms with E-state index in [1.807, 2.05) is 30.3 Å². The Labute approximate surface area is 152 Å². The van der Waals surface area contributed by atoms with Gasteiger partial charge in [-0.15, -0.1) is 10.2 Å². The molecule has 0 unspecified atom stereocenters. The fraction of sp³-hybridized carbons (Fsp3) is 0.176. The summed E-state index contributed by atoms with van der Waals surface area (Å²) in [7, 11) is 1.52. The van der Waals surface area contributed by atoms with Gasteiger partial charge < -0.3 is 9.84 Å². The van der Waals surface area contributed by atoms with Crippen molar-refractivity contribution in [1.82, 2.24) is 20.0 Å². The van der Waals surface area contributed by atoms with Gasteiger partial charge in [0.15, 0.2) is 5.82 Å². The summed E-state index contributed by atoms with van der Waals surface area (Å²) in [5.74, 6) is 0.0801. The maximum absolute atomic E-state index is 10.8. The van der Waals surface area contributed by atoms with Gasteiger partial charge in [-0.05, 0) is 24.3 Å². The van der Waals surface area contributed by atoms with Gasteiger partial charge in [0, 0.05) is 22.5 Å². The lowest BCUT2D eigenvalue weighted by molar-refractivity contribution is -0.136. The fourth-order valence-corrected chi connectivity index (χ4v) is 2.59. The molecule has 0 amide bonds. The molecule has 3 aromatic rings. The number of aryl methyl sites for hydroxylation is 1. The molecule has 1 aromatic carbocycles. The van der Waals surface area contributed by atoms with E-state index < -0.39 is 5.97 Å². The molecule has 0 radical (unpaired) electrons. The summed E-state index contributed by atoms with van der Waals surface area (Å²) < 4.78 is 7.66. The number of benzene rings is 1. The molecule has 0 fully saturated rings. The number of hydrogen-bond acceptors (Lipinski definition) is 5. The van der Waals surface area contributed by atoms with E-state index in [2.05, 4.69) is 31.2 Å². The minimum absolute atomic E-state index is 0.0189. The van der Waals surface area contributed by atoms with Crippen LogP contribution in [0.4, 0.5) is 0 Å². The minimum atomic E-state index is -0.857. The largest absolute Gasteiger partial charge is 0.481 e. The van der Waals surface area contributed by atoms with Crippen LogP contribution in [0.25, 0.3) is 17.1 Å². The average Bonchev–Trinajstić information content (AvgIpc) is 3.05. The number of methoxy groups -OCH3 is 1. The van der Waals surface area contributed by atoms with Crippen molar-refractivity contribution in [3.63, 3.8) is 0 Å². The van der Waals surface area contributed by atoms with Crippen LogP contribution in [0.15, 0.2) is 46.9 Å². The van der Waals surface area contributed by atoms with Crippen LogP contribution in [-0.2, 0) is 11.2 Å². The molecule has 2 heterocycles. The van der Waals surface area contributed by atoms with E-state index in [1.54, 1.807) is 16.8 Å². The van der Waals surface area contributed by atoms with E-state index in [9.17, 15) is 4.79 Å². The summed E-state index contributed by atoms with van der Waals surface area (Å²) in [4.78, 5) is 10.8. The van der Waals surface area contributed by atoms with Gasteiger partial charge in [-0.2, -0.15) is 5.10 Å². The Balaban J connectivity index is 2.03. The molecule has 0 spiro atoms. The van der Waals surface area contributed by atoms with Crippen LogP contribution in [0.2, 0.25) is 0 Å². The molecule has 8 heteroatoms. The molecular formula is C17H15BrN4O3. The monoisotopic (exact) mass is 402 g/mol. The highest BCUT2D eigenvalue weighted by molar-refractivity contribution is 9.10. The lowest BCUT2D eigenvalue weighted by Gasteiger charge is -2.06. The smallest absolute Gasteiger partial charge is 0.303 e. The minimum Gasteiger partial charge on any atom is -0.481 e. The van der Waals surface area contributed by atoms with E-state index in [1.165, 1.54) is 7.11 Å². The normalized spacial score (nSPS) is 10.6. The predicted molar refractivity (Wildman–Crippen MR) is 94.8 cm³/mol. The second-order valence-electron chi connectivity index (χ2n) is 5.27. The zero-order chi connectivity index (χ0) is 17.8. The fourth-order valence-electron chi connectivity index (χ4n) is 2.32. The molecule has 25 heavy (non-hydrogen) atoms. The first-order chi connectivity index (χ1) is 12.1. The third kappa shape index (κ3) is 4.03. The Bertz CT molecular complexity index is 876. The topological polar surface area (TPSA) is 90.1 Å². The molecule has 0 atom stereocenters. The molecule has 0 aliphatic heterocycles. The molecule has 0 bridgehead atoms. The average molecular weight is 403 g/mol. The van der Waals surface area contributed by atoms with Crippen LogP contribution in [0.3, 0.4) is 0 Å². The first kappa shape index (κ1) is 17.1. The first-order valence-electron chi connectivity index (χ1n) is 7.51. The standard InChI is InChI=1S/C17H15BrN4O3/c1-25-16-8-7-15(19-20-16)22-14(11-2-4-12(18)5-3-11)10-13(21-22)6-9-17(23)24/h2-5,7-8,10H,6,9H2,1H3,(H,23,24). The molecule has 7 nitrogen and oxygen atoms in total. The number of aromatic nitrogens is 4. The van der Waals surface area contributed by atoms with Crippen LogP contribution < -0.4 is 4.74 Å². The highest BCUT2D eigenvalue weighted by atomic mass is 79.9. The number of carbonyl (C=O) groups is 1. The number of halogens is 1. The van der Waals surface area contributed by atoms with Gasteiger partial charge in [0.25, 0.3) is 0 Å². The maximum atomic E-state index is 10.8. The lowest BCUT2D eigenvalue weighted by atomic mass is 10.1. The van der Waals surface area contributed by atoms with Crippen molar-refractivity contribution in [2.24, 2.45) is 0 Å². The highest BCUT2D eigenvalue weighted by Crippen LogP contribution is 2.25. The maximum Gasteiger partial charge on any atom is 0.303 e.